The van der Waals surface area contributed by atoms with Crippen LogP contribution in [-0.2, 0) is 0 Å². The first-order valence-corrected chi connectivity index (χ1v) is 6.69. The van der Waals surface area contributed by atoms with Gasteiger partial charge < -0.3 is 4.42 Å². The molecule has 0 aliphatic carbocycles. The van der Waals surface area contributed by atoms with Gasteiger partial charge in [0.2, 0.25) is 0 Å². The molecule has 1 unspecified atom stereocenters. The number of thiophene rings is 1. The number of halogens is 3. The molecular formula is C9H5Br2ClOS. The Labute approximate surface area is 107 Å². The largest absolute Gasteiger partial charge is 0.472 e. The Hall–Kier alpha value is 0.230. The molecule has 0 amide bonds. The first-order valence-electron chi connectivity index (χ1n) is 3.79. The minimum atomic E-state index is 0.148. The van der Waals surface area contributed by atoms with Crippen LogP contribution in [0.4, 0.5) is 0 Å². The summed E-state index contributed by atoms with van der Waals surface area (Å²) >= 11 is 14.5. The minimum Gasteiger partial charge on any atom is -0.472 e. The van der Waals surface area contributed by atoms with Crippen molar-refractivity contribution in [2.75, 3.05) is 0 Å². The maximum Gasteiger partial charge on any atom is 0.107 e. The quantitative estimate of drug-likeness (QED) is 0.671. The predicted octanol–water partition coefficient (Wildman–Crippen LogP) is 5.24. The average Bonchev–Trinajstić information content (AvgIpc) is 2.76. The lowest BCUT2D eigenvalue weighted by atomic mass is 10.2. The van der Waals surface area contributed by atoms with E-state index in [-0.39, 0.29) is 4.83 Å². The maximum absolute atomic E-state index is 5.96. The van der Waals surface area contributed by atoms with Crippen LogP contribution in [-0.4, -0.2) is 0 Å². The van der Waals surface area contributed by atoms with E-state index >= 15 is 0 Å². The Bertz CT molecular complexity index is 404. The van der Waals surface area contributed by atoms with Gasteiger partial charge in [-0.2, -0.15) is 0 Å². The molecule has 0 spiro atoms. The standard InChI is InChI=1S/C9H5Br2ClOS/c10-6-3-7(14-9(6)12)8(11)5-1-2-13-4-5/h1-4,8H. The van der Waals surface area contributed by atoms with E-state index in [4.69, 9.17) is 16.0 Å². The van der Waals surface area contributed by atoms with Gasteiger partial charge in [0.05, 0.1) is 17.4 Å². The van der Waals surface area contributed by atoms with Gasteiger partial charge in [0.25, 0.3) is 0 Å². The first kappa shape index (κ1) is 10.7. The highest BCUT2D eigenvalue weighted by atomic mass is 79.9. The highest BCUT2D eigenvalue weighted by Crippen LogP contribution is 2.41. The third kappa shape index (κ3) is 2.08. The predicted molar refractivity (Wildman–Crippen MR) is 66.5 cm³/mol. The van der Waals surface area contributed by atoms with Crippen molar-refractivity contribution in [2.24, 2.45) is 0 Å². The van der Waals surface area contributed by atoms with Crippen LogP contribution in [0.2, 0.25) is 4.34 Å². The minimum absolute atomic E-state index is 0.148. The Morgan fingerprint density at radius 1 is 1.50 bits per heavy atom. The number of hydrogen-bond acceptors (Lipinski definition) is 2. The Morgan fingerprint density at radius 3 is 2.79 bits per heavy atom. The molecule has 0 aromatic carbocycles. The van der Waals surface area contributed by atoms with Crippen molar-refractivity contribution in [1.29, 1.82) is 0 Å². The summed E-state index contributed by atoms with van der Waals surface area (Å²) in [4.78, 5) is 1.30. The Morgan fingerprint density at radius 2 is 2.29 bits per heavy atom. The van der Waals surface area contributed by atoms with Crippen LogP contribution < -0.4 is 0 Å². The van der Waals surface area contributed by atoms with Gasteiger partial charge in [0.15, 0.2) is 0 Å². The van der Waals surface area contributed by atoms with E-state index in [1.807, 2.05) is 12.1 Å². The van der Waals surface area contributed by atoms with Gasteiger partial charge in [-0.25, -0.2) is 0 Å². The van der Waals surface area contributed by atoms with Crippen LogP contribution >= 0.6 is 54.8 Å². The highest BCUT2D eigenvalue weighted by molar-refractivity contribution is 9.10. The summed E-state index contributed by atoms with van der Waals surface area (Å²) in [6, 6.07) is 3.94. The molecule has 0 saturated carbocycles. The van der Waals surface area contributed by atoms with Gasteiger partial charge in [0.1, 0.15) is 4.34 Å². The normalized spacial score (nSPS) is 13.1. The second-order valence-electron chi connectivity index (χ2n) is 2.69. The van der Waals surface area contributed by atoms with Gasteiger partial charge in [0, 0.05) is 14.9 Å². The summed E-state index contributed by atoms with van der Waals surface area (Å²) in [5, 5.41) is 0. The van der Waals surface area contributed by atoms with Crippen LogP contribution in [0.3, 0.4) is 0 Å². The van der Waals surface area contributed by atoms with Gasteiger partial charge in [-0.3, -0.25) is 0 Å². The molecule has 0 aliphatic rings. The lowest BCUT2D eigenvalue weighted by Gasteiger charge is -2.02. The molecule has 2 heterocycles. The summed E-state index contributed by atoms with van der Waals surface area (Å²) in [6.45, 7) is 0. The zero-order valence-electron chi connectivity index (χ0n) is 6.84. The topological polar surface area (TPSA) is 13.1 Å². The van der Waals surface area contributed by atoms with E-state index in [0.717, 1.165) is 19.2 Å². The third-order valence-corrected chi connectivity index (χ3v) is 5.61. The van der Waals surface area contributed by atoms with Crippen molar-refractivity contribution in [3.05, 3.63) is 43.9 Å². The number of alkyl halides is 1. The zero-order valence-corrected chi connectivity index (χ0v) is 11.6. The van der Waals surface area contributed by atoms with E-state index in [1.165, 1.54) is 0 Å². The van der Waals surface area contributed by atoms with Crippen molar-refractivity contribution >= 4 is 54.8 Å². The molecule has 0 N–H and O–H groups in total. The molecule has 14 heavy (non-hydrogen) atoms. The number of rotatable bonds is 2. The molecule has 0 radical (unpaired) electrons. The second kappa shape index (κ2) is 4.39. The summed E-state index contributed by atoms with van der Waals surface area (Å²) in [7, 11) is 0. The zero-order chi connectivity index (χ0) is 10.1. The fourth-order valence-electron chi connectivity index (χ4n) is 1.07. The van der Waals surface area contributed by atoms with Gasteiger partial charge in [-0.15, -0.1) is 11.3 Å². The molecule has 0 bridgehead atoms. The lowest BCUT2D eigenvalue weighted by Crippen LogP contribution is -1.84. The van der Waals surface area contributed by atoms with Crippen molar-refractivity contribution < 1.29 is 4.42 Å². The van der Waals surface area contributed by atoms with Gasteiger partial charge >= 0.3 is 0 Å². The lowest BCUT2D eigenvalue weighted by molar-refractivity contribution is 0.564. The Balaban J connectivity index is 2.32. The van der Waals surface area contributed by atoms with Crippen molar-refractivity contribution in [1.82, 2.24) is 0 Å². The summed E-state index contributed by atoms with van der Waals surface area (Å²) < 4.78 is 6.73. The number of furan rings is 1. The Kier molecular flexibility index (Phi) is 3.37. The molecule has 1 atom stereocenters. The van der Waals surface area contributed by atoms with Crippen LogP contribution in [0.5, 0.6) is 0 Å². The molecule has 0 saturated heterocycles. The van der Waals surface area contributed by atoms with Crippen LogP contribution in [0.1, 0.15) is 15.3 Å². The molecule has 0 aliphatic heterocycles. The fourth-order valence-corrected chi connectivity index (χ4v) is 3.49. The SMILES string of the molecule is Clc1sc(C(Br)c2ccoc2)cc1Br. The van der Waals surface area contributed by atoms with E-state index in [1.54, 1.807) is 23.9 Å². The van der Waals surface area contributed by atoms with E-state index in [0.29, 0.717) is 0 Å². The van der Waals surface area contributed by atoms with Crippen LogP contribution in [0, 0.1) is 0 Å². The van der Waals surface area contributed by atoms with Gasteiger partial charge in [-0.05, 0) is 28.1 Å². The molecule has 2 aromatic rings. The third-order valence-electron chi connectivity index (χ3n) is 1.75. The number of hydrogen-bond donors (Lipinski definition) is 0. The molecular weight excluding hydrogens is 351 g/mol. The summed E-state index contributed by atoms with van der Waals surface area (Å²) in [5.74, 6) is 0. The van der Waals surface area contributed by atoms with Crippen molar-refractivity contribution in [3.8, 4) is 0 Å². The van der Waals surface area contributed by atoms with Gasteiger partial charge in [-0.1, -0.05) is 27.5 Å². The first-order chi connectivity index (χ1) is 6.68. The summed E-state index contributed by atoms with van der Waals surface area (Å²) in [6.07, 6.45) is 3.38. The summed E-state index contributed by atoms with van der Waals surface area (Å²) in [5.41, 5.74) is 1.09. The average molecular weight is 356 g/mol. The maximum atomic E-state index is 5.96. The smallest absolute Gasteiger partial charge is 0.107 e. The van der Waals surface area contributed by atoms with E-state index in [9.17, 15) is 0 Å². The highest BCUT2D eigenvalue weighted by Gasteiger charge is 2.15. The second-order valence-corrected chi connectivity index (χ2v) is 6.15. The molecule has 1 nitrogen and oxygen atoms in total. The fraction of sp³-hybridized carbons (Fsp3) is 0.111. The molecule has 5 heteroatoms. The molecule has 2 rings (SSSR count). The molecule has 2 aromatic heterocycles. The monoisotopic (exact) mass is 354 g/mol. The van der Waals surface area contributed by atoms with Crippen molar-refractivity contribution in [2.45, 2.75) is 4.83 Å². The van der Waals surface area contributed by atoms with Crippen molar-refractivity contribution in [3.63, 3.8) is 0 Å². The van der Waals surface area contributed by atoms with Crippen LogP contribution in [0.15, 0.2) is 33.5 Å². The van der Waals surface area contributed by atoms with E-state index < -0.39 is 0 Å². The van der Waals surface area contributed by atoms with Crippen LogP contribution in [0.25, 0.3) is 0 Å². The molecule has 74 valence electrons. The van der Waals surface area contributed by atoms with E-state index in [2.05, 4.69) is 31.9 Å². The molecule has 0 fully saturated rings.